The third kappa shape index (κ3) is 2.64. The molecule has 0 aliphatic heterocycles. The van der Waals surface area contributed by atoms with E-state index < -0.39 is 0 Å². The van der Waals surface area contributed by atoms with Crippen LogP contribution in [0.1, 0.15) is 71.8 Å². The molecule has 0 unspecified atom stereocenters. The van der Waals surface area contributed by atoms with Crippen molar-refractivity contribution in [3.05, 3.63) is 11.5 Å². The van der Waals surface area contributed by atoms with E-state index in [4.69, 9.17) is 10.7 Å². The number of imidazole rings is 1. The highest BCUT2D eigenvalue weighted by Gasteiger charge is 2.25. The van der Waals surface area contributed by atoms with Gasteiger partial charge in [0.05, 0.1) is 5.69 Å². The van der Waals surface area contributed by atoms with Crippen LogP contribution < -0.4 is 5.73 Å². The Morgan fingerprint density at radius 1 is 1.18 bits per heavy atom. The number of aryl methyl sites for hydroxylation is 1. The molecule has 1 rings (SSSR count). The van der Waals surface area contributed by atoms with Gasteiger partial charge in [0.15, 0.2) is 0 Å². The number of hydrogen-bond acceptors (Lipinski definition) is 2. The van der Waals surface area contributed by atoms with Crippen molar-refractivity contribution in [1.29, 1.82) is 0 Å². The van der Waals surface area contributed by atoms with Crippen molar-refractivity contribution in [3.8, 4) is 0 Å². The van der Waals surface area contributed by atoms with Gasteiger partial charge in [-0.25, -0.2) is 4.98 Å². The Labute approximate surface area is 105 Å². The Morgan fingerprint density at radius 2 is 1.71 bits per heavy atom. The van der Waals surface area contributed by atoms with Crippen LogP contribution in [0.5, 0.6) is 0 Å². The molecule has 0 atom stereocenters. The lowest BCUT2D eigenvalue weighted by Gasteiger charge is -2.25. The maximum Gasteiger partial charge on any atom is 0.127 e. The Morgan fingerprint density at radius 3 is 2.00 bits per heavy atom. The molecule has 0 aliphatic rings. The summed E-state index contributed by atoms with van der Waals surface area (Å²) in [5.74, 6) is 2.46. The van der Waals surface area contributed by atoms with E-state index in [0.29, 0.717) is 5.92 Å². The molecule has 0 saturated heterocycles. The van der Waals surface area contributed by atoms with Crippen LogP contribution in [0.15, 0.2) is 0 Å². The minimum absolute atomic E-state index is 0.00666. The molecule has 3 nitrogen and oxygen atoms in total. The van der Waals surface area contributed by atoms with E-state index in [2.05, 4.69) is 46.1 Å². The van der Waals surface area contributed by atoms with E-state index in [-0.39, 0.29) is 5.54 Å². The fourth-order valence-corrected chi connectivity index (χ4v) is 2.46. The smallest absolute Gasteiger partial charge is 0.127 e. The molecule has 0 radical (unpaired) electrons. The van der Waals surface area contributed by atoms with Crippen LogP contribution in [0.3, 0.4) is 0 Å². The van der Waals surface area contributed by atoms with Crippen LogP contribution in [0.4, 0.5) is 5.82 Å². The third-order valence-corrected chi connectivity index (χ3v) is 3.37. The SMILES string of the molecule is CCc1nc(C(CC)CC)c(N)n1C(C)(C)C. The number of rotatable bonds is 4. The highest BCUT2D eigenvalue weighted by Crippen LogP contribution is 2.32. The summed E-state index contributed by atoms with van der Waals surface area (Å²) in [6.07, 6.45) is 3.14. The first-order chi connectivity index (χ1) is 7.86. The maximum atomic E-state index is 6.32. The average molecular weight is 237 g/mol. The van der Waals surface area contributed by atoms with Gasteiger partial charge in [0.25, 0.3) is 0 Å². The van der Waals surface area contributed by atoms with E-state index >= 15 is 0 Å². The van der Waals surface area contributed by atoms with Crippen molar-refractivity contribution in [1.82, 2.24) is 9.55 Å². The number of hydrogen-bond donors (Lipinski definition) is 1. The van der Waals surface area contributed by atoms with Crippen LogP contribution in [0, 0.1) is 0 Å². The summed E-state index contributed by atoms with van der Waals surface area (Å²) < 4.78 is 2.20. The second kappa shape index (κ2) is 5.11. The molecule has 0 saturated carbocycles. The summed E-state index contributed by atoms with van der Waals surface area (Å²) in [5, 5.41) is 0. The first-order valence-electron chi connectivity index (χ1n) is 6.74. The first kappa shape index (κ1) is 14.1. The van der Waals surface area contributed by atoms with E-state index in [1.165, 1.54) is 0 Å². The van der Waals surface area contributed by atoms with Gasteiger partial charge >= 0.3 is 0 Å². The summed E-state index contributed by atoms with van der Waals surface area (Å²) >= 11 is 0. The van der Waals surface area contributed by atoms with Crippen molar-refractivity contribution in [2.75, 3.05) is 5.73 Å². The largest absolute Gasteiger partial charge is 0.384 e. The van der Waals surface area contributed by atoms with Gasteiger partial charge in [-0.1, -0.05) is 20.8 Å². The second-order valence-corrected chi connectivity index (χ2v) is 5.67. The molecule has 0 amide bonds. The predicted molar refractivity (Wildman–Crippen MR) is 74.3 cm³/mol. The lowest BCUT2D eigenvalue weighted by molar-refractivity contribution is 0.389. The summed E-state index contributed by atoms with van der Waals surface area (Å²) in [6.45, 7) is 13.1. The Balaban J connectivity index is 3.33. The van der Waals surface area contributed by atoms with E-state index in [1.807, 2.05) is 0 Å². The zero-order valence-electron chi connectivity index (χ0n) is 12.2. The number of aromatic nitrogens is 2. The van der Waals surface area contributed by atoms with Crippen LogP contribution >= 0.6 is 0 Å². The standard InChI is InChI=1S/C14H27N3/c1-7-10(8-2)12-13(15)17(14(4,5)6)11(9-3)16-12/h10H,7-9,15H2,1-6H3. The average Bonchev–Trinajstić information content (AvgIpc) is 2.57. The molecule has 98 valence electrons. The van der Waals surface area contributed by atoms with Gasteiger partial charge in [-0.15, -0.1) is 0 Å². The van der Waals surface area contributed by atoms with E-state index in [0.717, 1.165) is 36.6 Å². The second-order valence-electron chi connectivity index (χ2n) is 5.67. The molecule has 1 aromatic rings. The van der Waals surface area contributed by atoms with Crippen LogP contribution in [-0.4, -0.2) is 9.55 Å². The van der Waals surface area contributed by atoms with Crippen molar-refractivity contribution in [3.63, 3.8) is 0 Å². The molecule has 0 aliphatic carbocycles. The van der Waals surface area contributed by atoms with Gasteiger partial charge < -0.3 is 10.3 Å². The highest BCUT2D eigenvalue weighted by atomic mass is 15.2. The Bertz CT molecular complexity index is 368. The number of nitrogens with zero attached hydrogens (tertiary/aromatic N) is 2. The topological polar surface area (TPSA) is 43.8 Å². The molecular weight excluding hydrogens is 210 g/mol. The predicted octanol–water partition coefficient (Wildman–Crippen LogP) is 3.69. The third-order valence-electron chi connectivity index (χ3n) is 3.37. The van der Waals surface area contributed by atoms with Gasteiger partial charge in [-0.3, -0.25) is 0 Å². The van der Waals surface area contributed by atoms with Crippen molar-refractivity contribution >= 4 is 5.82 Å². The molecule has 0 spiro atoms. The molecule has 17 heavy (non-hydrogen) atoms. The maximum absolute atomic E-state index is 6.32. The quantitative estimate of drug-likeness (QED) is 0.868. The summed E-state index contributed by atoms with van der Waals surface area (Å²) in [7, 11) is 0. The molecule has 3 heteroatoms. The fraction of sp³-hybridized carbons (Fsp3) is 0.786. The van der Waals surface area contributed by atoms with E-state index in [9.17, 15) is 0 Å². The van der Waals surface area contributed by atoms with Crippen LogP contribution in [0.25, 0.3) is 0 Å². The number of nitrogens with two attached hydrogens (primary N) is 1. The Kier molecular flexibility index (Phi) is 4.23. The first-order valence-corrected chi connectivity index (χ1v) is 6.74. The molecule has 0 aromatic carbocycles. The molecule has 2 N–H and O–H groups in total. The minimum Gasteiger partial charge on any atom is -0.384 e. The normalized spacial score (nSPS) is 12.4. The van der Waals surface area contributed by atoms with Gasteiger partial charge in [-0.05, 0) is 33.6 Å². The summed E-state index contributed by atoms with van der Waals surface area (Å²) in [6, 6.07) is 0. The molecule has 1 heterocycles. The minimum atomic E-state index is 0.00666. The highest BCUT2D eigenvalue weighted by molar-refractivity contribution is 5.42. The van der Waals surface area contributed by atoms with Gasteiger partial charge in [0, 0.05) is 17.9 Å². The van der Waals surface area contributed by atoms with Crippen molar-refractivity contribution < 1.29 is 0 Å². The van der Waals surface area contributed by atoms with Gasteiger partial charge in [0.2, 0.25) is 0 Å². The van der Waals surface area contributed by atoms with Crippen LogP contribution in [0.2, 0.25) is 0 Å². The van der Waals surface area contributed by atoms with Crippen molar-refractivity contribution in [2.45, 2.75) is 72.3 Å². The number of anilines is 1. The fourth-order valence-electron chi connectivity index (χ4n) is 2.46. The molecule has 1 aromatic heterocycles. The monoisotopic (exact) mass is 237 g/mol. The lowest BCUT2D eigenvalue weighted by Crippen LogP contribution is -2.25. The van der Waals surface area contributed by atoms with Gasteiger partial charge in [-0.2, -0.15) is 0 Å². The summed E-state index contributed by atoms with van der Waals surface area (Å²) in [5.41, 5.74) is 7.42. The summed E-state index contributed by atoms with van der Waals surface area (Å²) in [4.78, 5) is 4.77. The van der Waals surface area contributed by atoms with Crippen LogP contribution in [-0.2, 0) is 12.0 Å². The molecule has 0 fully saturated rings. The molecule has 0 bridgehead atoms. The molecular formula is C14H27N3. The number of nitrogen functional groups attached to an aromatic ring is 1. The van der Waals surface area contributed by atoms with Crippen molar-refractivity contribution in [2.24, 2.45) is 0 Å². The zero-order chi connectivity index (χ0) is 13.2. The van der Waals surface area contributed by atoms with Gasteiger partial charge in [0.1, 0.15) is 11.6 Å². The lowest BCUT2D eigenvalue weighted by atomic mass is 9.99. The zero-order valence-corrected chi connectivity index (χ0v) is 12.2. The Hall–Kier alpha value is -0.990. The van der Waals surface area contributed by atoms with E-state index in [1.54, 1.807) is 0 Å².